The van der Waals surface area contributed by atoms with Gasteiger partial charge in [-0.3, -0.25) is 0 Å². The number of nitrogens with one attached hydrogen (secondary N) is 1. The third kappa shape index (κ3) is 3.81. The summed E-state index contributed by atoms with van der Waals surface area (Å²) in [6.45, 7) is 5.56. The normalized spacial score (nSPS) is 14.2. The largest absolute Gasteiger partial charge is 0.467 e. The maximum atomic E-state index is 6.22. The number of fused-ring (bicyclic) bond motifs is 1. The van der Waals surface area contributed by atoms with Gasteiger partial charge in [-0.1, -0.05) is 40.9 Å². The van der Waals surface area contributed by atoms with Crippen molar-refractivity contribution in [3.8, 4) is 5.75 Å². The van der Waals surface area contributed by atoms with Crippen LogP contribution in [0.2, 0.25) is 15.1 Å². The van der Waals surface area contributed by atoms with Crippen LogP contribution in [0.25, 0.3) is 0 Å². The van der Waals surface area contributed by atoms with E-state index in [4.69, 9.17) is 44.3 Å². The third-order valence-electron chi connectivity index (χ3n) is 4.11. The van der Waals surface area contributed by atoms with Crippen molar-refractivity contribution < 1.29 is 9.47 Å². The van der Waals surface area contributed by atoms with Crippen LogP contribution in [0.5, 0.6) is 5.75 Å². The topological polar surface area (TPSA) is 30.5 Å². The molecule has 0 aliphatic carbocycles. The van der Waals surface area contributed by atoms with Crippen LogP contribution in [-0.2, 0) is 23.4 Å². The smallest absolute Gasteiger partial charge is 0.189 e. The lowest BCUT2D eigenvalue weighted by Gasteiger charge is -2.29. The Bertz CT molecular complexity index is 762. The Hall–Kier alpha value is -0.970. The zero-order valence-electron chi connectivity index (χ0n) is 13.5. The predicted molar refractivity (Wildman–Crippen MR) is 98.1 cm³/mol. The molecule has 6 heteroatoms. The van der Waals surface area contributed by atoms with E-state index in [9.17, 15) is 0 Å². The third-order valence-corrected chi connectivity index (χ3v) is 5.07. The molecule has 0 atom stereocenters. The van der Waals surface area contributed by atoms with Gasteiger partial charge in [0.15, 0.2) is 6.79 Å². The molecule has 0 saturated carbocycles. The highest BCUT2D eigenvalue weighted by Gasteiger charge is 2.23. The molecular weight excluding hydrogens is 369 g/mol. The van der Waals surface area contributed by atoms with Crippen LogP contribution in [0.4, 0.5) is 0 Å². The van der Waals surface area contributed by atoms with Gasteiger partial charge in [0.1, 0.15) is 5.75 Å². The fourth-order valence-electron chi connectivity index (χ4n) is 2.69. The Labute approximate surface area is 156 Å². The zero-order chi connectivity index (χ0) is 17.3. The van der Waals surface area contributed by atoms with Crippen molar-refractivity contribution in [3.05, 3.63) is 62.1 Å². The molecular formula is C18H18Cl3NO2. The van der Waals surface area contributed by atoms with Crippen molar-refractivity contribution in [2.75, 3.05) is 6.79 Å². The average molecular weight is 387 g/mol. The zero-order valence-corrected chi connectivity index (χ0v) is 15.7. The number of rotatable bonds is 4. The molecule has 0 saturated heterocycles. The van der Waals surface area contributed by atoms with E-state index in [1.165, 1.54) is 0 Å². The van der Waals surface area contributed by atoms with Gasteiger partial charge in [-0.15, -0.1) is 0 Å². The summed E-state index contributed by atoms with van der Waals surface area (Å²) in [6.07, 6.45) is 0. The second-order valence-electron chi connectivity index (χ2n) is 6.27. The molecule has 0 amide bonds. The molecule has 2 aromatic rings. The van der Waals surface area contributed by atoms with Gasteiger partial charge in [0.2, 0.25) is 0 Å². The van der Waals surface area contributed by atoms with Crippen molar-refractivity contribution in [1.29, 1.82) is 0 Å². The van der Waals surface area contributed by atoms with Crippen LogP contribution in [-0.4, -0.2) is 6.79 Å². The molecule has 1 N–H and O–H groups in total. The van der Waals surface area contributed by atoms with Crippen molar-refractivity contribution in [3.63, 3.8) is 0 Å². The van der Waals surface area contributed by atoms with E-state index in [-0.39, 0.29) is 12.3 Å². The molecule has 3 rings (SSSR count). The summed E-state index contributed by atoms with van der Waals surface area (Å²) in [7, 11) is 0. The summed E-state index contributed by atoms with van der Waals surface area (Å²) in [4.78, 5) is 0. The predicted octanol–water partition coefficient (Wildman–Crippen LogP) is 5.54. The van der Waals surface area contributed by atoms with Crippen LogP contribution in [0.15, 0.2) is 30.3 Å². The fourth-order valence-corrected chi connectivity index (χ4v) is 3.25. The maximum Gasteiger partial charge on any atom is 0.189 e. The second kappa shape index (κ2) is 7.11. The Morgan fingerprint density at radius 2 is 1.88 bits per heavy atom. The molecule has 24 heavy (non-hydrogen) atoms. The molecule has 3 nitrogen and oxygen atoms in total. The molecule has 1 heterocycles. The first kappa shape index (κ1) is 17.8. The van der Waals surface area contributed by atoms with Gasteiger partial charge in [0, 0.05) is 28.2 Å². The first-order chi connectivity index (χ1) is 11.4. The molecule has 0 fully saturated rings. The number of hydrogen-bond acceptors (Lipinski definition) is 3. The lowest BCUT2D eigenvalue weighted by molar-refractivity contribution is -0.0171. The van der Waals surface area contributed by atoms with Gasteiger partial charge in [0.25, 0.3) is 0 Å². The minimum atomic E-state index is -0.297. The van der Waals surface area contributed by atoms with Gasteiger partial charge in [-0.05, 0) is 43.7 Å². The van der Waals surface area contributed by atoms with Crippen LogP contribution < -0.4 is 10.1 Å². The van der Waals surface area contributed by atoms with Crippen molar-refractivity contribution >= 4 is 34.8 Å². The van der Waals surface area contributed by atoms with Gasteiger partial charge in [-0.25, -0.2) is 0 Å². The monoisotopic (exact) mass is 385 g/mol. The summed E-state index contributed by atoms with van der Waals surface area (Å²) >= 11 is 18.4. The number of ether oxygens (including phenoxy) is 2. The molecule has 2 aromatic carbocycles. The quantitative estimate of drug-likeness (QED) is 0.748. The van der Waals surface area contributed by atoms with E-state index < -0.39 is 0 Å². The van der Waals surface area contributed by atoms with Gasteiger partial charge in [0.05, 0.1) is 16.7 Å². The number of benzene rings is 2. The van der Waals surface area contributed by atoms with Crippen molar-refractivity contribution in [2.24, 2.45) is 0 Å². The van der Waals surface area contributed by atoms with E-state index in [0.717, 1.165) is 22.4 Å². The molecule has 0 bridgehead atoms. The van der Waals surface area contributed by atoms with Gasteiger partial charge in [-0.2, -0.15) is 0 Å². The van der Waals surface area contributed by atoms with Crippen LogP contribution in [0.3, 0.4) is 0 Å². The molecule has 0 spiro atoms. The highest BCUT2D eigenvalue weighted by molar-refractivity contribution is 6.42. The van der Waals surface area contributed by atoms with E-state index in [2.05, 4.69) is 19.2 Å². The van der Waals surface area contributed by atoms with E-state index in [1.54, 1.807) is 0 Å². The highest BCUT2D eigenvalue weighted by atomic mass is 35.5. The summed E-state index contributed by atoms with van der Waals surface area (Å²) in [5.74, 6) is 0.850. The average Bonchev–Trinajstić information content (AvgIpc) is 2.55. The SMILES string of the molecule is CC(C)(NCc1cc(Cl)cc2c1OCOC2)c1ccc(Cl)c(Cl)c1. The Kier molecular flexibility index (Phi) is 5.28. The summed E-state index contributed by atoms with van der Waals surface area (Å²) in [5, 5.41) is 5.30. The van der Waals surface area contributed by atoms with Gasteiger partial charge >= 0.3 is 0 Å². The van der Waals surface area contributed by atoms with E-state index in [0.29, 0.717) is 28.2 Å². The molecule has 1 aliphatic heterocycles. The molecule has 1 aliphatic rings. The van der Waals surface area contributed by atoms with E-state index >= 15 is 0 Å². The molecule has 0 radical (unpaired) electrons. The van der Waals surface area contributed by atoms with Crippen molar-refractivity contribution in [2.45, 2.75) is 32.5 Å². The Morgan fingerprint density at radius 3 is 2.62 bits per heavy atom. The highest BCUT2D eigenvalue weighted by Crippen LogP contribution is 2.33. The van der Waals surface area contributed by atoms with E-state index in [1.807, 2.05) is 30.3 Å². The standard InChI is InChI=1S/C18H18Cl3NO2/c1-18(2,13-3-4-15(20)16(21)7-13)22-8-11-5-14(19)6-12-9-23-10-24-17(11)12/h3-7,22H,8-10H2,1-2H3. The molecule has 0 unspecified atom stereocenters. The van der Waals surface area contributed by atoms with Crippen molar-refractivity contribution in [1.82, 2.24) is 5.32 Å². The minimum Gasteiger partial charge on any atom is -0.467 e. The lowest BCUT2D eigenvalue weighted by Crippen LogP contribution is -2.36. The summed E-state index contributed by atoms with van der Waals surface area (Å²) in [5.41, 5.74) is 2.73. The minimum absolute atomic E-state index is 0.262. The molecule has 128 valence electrons. The summed E-state index contributed by atoms with van der Waals surface area (Å²) < 4.78 is 11.0. The number of hydrogen-bond donors (Lipinski definition) is 1. The summed E-state index contributed by atoms with van der Waals surface area (Å²) in [6, 6.07) is 9.46. The van der Waals surface area contributed by atoms with Crippen LogP contribution >= 0.6 is 34.8 Å². The lowest BCUT2D eigenvalue weighted by atomic mass is 9.94. The first-order valence-electron chi connectivity index (χ1n) is 7.59. The van der Waals surface area contributed by atoms with Crippen LogP contribution in [0.1, 0.15) is 30.5 Å². The second-order valence-corrected chi connectivity index (χ2v) is 7.52. The fraction of sp³-hybridized carbons (Fsp3) is 0.333. The Morgan fingerprint density at radius 1 is 1.08 bits per heavy atom. The first-order valence-corrected chi connectivity index (χ1v) is 8.72. The number of halogens is 3. The molecule has 0 aromatic heterocycles. The Balaban J connectivity index is 1.82. The maximum absolute atomic E-state index is 6.22. The van der Waals surface area contributed by atoms with Gasteiger partial charge < -0.3 is 14.8 Å². The van der Waals surface area contributed by atoms with Crippen LogP contribution in [0, 0.1) is 0 Å².